The number of carbonyl (C=O) groups is 2. The number of amides is 2. The molecule has 3 aromatic carbocycles. The molecule has 0 radical (unpaired) electrons. The molecule has 0 aliphatic heterocycles. The first-order valence-corrected chi connectivity index (χ1v) is 11.8. The zero-order chi connectivity index (χ0) is 24.2. The summed E-state index contributed by atoms with van der Waals surface area (Å²) in [5, 5.41) is 8.84. The summed E-state index contributed by atoms with van der Waals surface area (Å²) in [7, 11) is 0. The third-order valence-corrected chi connectivity index (χ3v) is 5.28. The molecule has 3 aromatic rings. The molecular weight excluding hydrogens is 426 g/mol. The Kier molecular flexibility index (Phi) is 9.52. The fraction of sp³-hybridized carbons (Fsp3) is 0.286. The summed E-state index contributed by atoms with van der Waals surface area (Å²) in [6.07, 6.45) is 4.68. The number of hydrogen-bond acceptors (Lipinski definition) is 4. The van der Waals surface area contributed by atoms with Gasteiger partial charge in [0.25, 0.3) is 5.91 Å². The monoisotopic (exact) mass is 459 g/mol. The highest BCUT2D eigenvalue weighted by Crippen LogP contribution is 2.17. The molecule has 0 atom stereocenters. The first-order valence-electron chi connectivity index (χ1n) is 11.8. The Morgan fingerprint density at radius 1 is 0.794 bits per heavy atom. The Morgan fingerprint density at radius 3 is 2.18 bits per heavy atom. The highest BCUT2D eigenvalue weighted by Gasteiger charge is 2.07. The van der Waals surface area contributed by atoms with Crippen LogP contribution in [0.3, 0.4) is 0 Å². The summed E-state index contributed by atoms with van der Waals surface area (Å²) in [5.74, 6) is 0.504. The third-order valence-electron chi connectivity index (χ3n) is 5.28. The quantitative estimate of drug-likeness (QED) is 0.279. The first kappa shape index (κ1) is 24.8. The minimum absolute atomic E-state index is 0.130. The molecule has 6 heteroatoms. The van der Waals surface area contributed by atoms with Gasteiger partial charge in [-0.1, -0.05) is 43.9 Å². The van der Waals surface area contributed by atoms with E-state index >= 15 is 0 Å². The number of benzene rings is 3. The van der Waals surface area contributed by atoms with Crippen molar-refractivity contribution in [3.63, 3.8) is 0 Å². The van der Waals surface area contributed by atoms with Gasteiger partial charge in [-0.3, -0.25) is 9.59 Å². The van der Waals surface area contributed by atoms with Crippen molar-refractivity contribution in [1.29, 1.82) is 0 Å². The molecule has 0 spiro atoms. The van der Waals surface area contributed by atoms with Crippen molar-refractivity contribution in [2.45, 2.75) is 39.5 Å². The summed E-state index contributed by atoms with van der Waals surface area (Å²) in [6.45, 7) is 4.98. The predicted molar refractivity (Wildman–Crippen MR) is 139 cm³/mol. The van der Waals surface area contributed by atoms with Crippen molar-refractivity contribution in [1.82, 2.24) is 0 Å². The van der Waals surface area contributed by atoms with E-state index in [2.05, 4.69) is 22.9 Å². The third kappa shape index (κ3) is 8.28. The van der Waals surface area contributed by atoms with Crippen molar-refractivity contribution in [2.75, 3.05) is 29.1 Å². The number of anilines is 3. The Bertz CT molecular complexity index is 1060. The Morgan fingerprint density at radius 2 is 1.47 bits per heavy atom. The van der Waals surface area contributed by atoms with Crippen LogP contribution in [0.2, 0.25) is 0 Å². The van der Waals surface area contributed by atoms with E-state index in [1.165, 1.54) is 19.3 Å². The Labute approximate surface area is 201 Å². The van der Waals surface area contributed by atoms with Crippen LogP contribution in [0.15, 0.2) is 72.8 Å². The number of aryl methyl sites for hydroxylation is 1. The van der Waals surface area contributed by atoms with Crippen molar-refractivity contribution in [3.05, 3.63) is 83.9 Å². The average Bonchev–Trinajstić information content (AvgIpc) is 2.84. The van der Waals surface area contributed by atoms with Crippen molar-refractivity contribution < 1.29 is 14.3 Å². The van der Waals surface area contributed by atoms with Gasteiger partial charge in [0, 0.05) is 22.6 Å². The second-order valence-corrected chi connectivity index (χ2v) is 8.24. The summed E-state index contributed by atoms with van der Waals surface area (Å²) < 4.78 is 5.73. The second-order valence-electron chi connectivity index (χ2n) is 8.24. The van der Waals surface area contributed by atoms with Crippen molar-refractivity contribution in [3.8, 4) is 5.75 Å². The van der Waals surface area contributed by atoms with Crippen LogP contribution < -0.4 is 20.7 Å². The zero-order valence-corrected chi connectivity index (χ0v) is 19.9. The predicted octanol–water partition coefficient (Wildman–Crippen LogP) is 6.26. The maximum atomic E-state index is 12.4. The zero-order valence-electron chi connectivity index (χ0n) is 19.9. The number of unbranched alkanes of at least 4 members (excludes halogenated alkanes) is 3. The van der Waals surface area contributed by atoms with Crippen LogP contribution in [-0.2, 0) is 4.79 Å². The molecule has 0 aliphatic rings. The molecule has 178 valence electrons. The van der Waals surface area contributed by atoms with Crippen LogP contribution in [0.25, 0.3) is 0 Å². The van der Waals surface area contributed by atoms with Crippen LogP contribution in [0.1, 0.15) is 48.5 Å². The minimum Gasteiger partial charge on any atom is -0.494 e. The van der Waals surface area contributed by atoms with E-state index in [0.717, 1.165) is 29.1 Å². The lowest BCUT2D eigenvalue weighted by Gasteiger charge is -2.10. The van der Waals surface area contributed by atoms with Gasteiger partial charge in [0.1, 0.15) is 5.75 Å². The van der Waals surface area contributed by atoms with E-state index in [1.807, 2.05) is 61.5 Å². The van der Waals surface area contributed by atoms with Crippen LogP contribution in [0.5, 0.6) is 5.75 Å². The first-order chi connectivity index (χ1) is 16.5. The van der Waals surface area contributed by atoms with Crippen molar-refractivity contribution >= 4 is 28.9 Å². The molecule has 2 amide bonds. The van der Waals surface area contributed by atoms with E-state index in [0.29, 0.717) is 17.9 Å². The van der Waals surface area contributed by atoms with Gasteiger partial charge < -0.3 is 20.7 Å². The molecule has 0 aromatic heterocycles. The minimum atomic E-state index is -0.156. The summed E-state index contributed by atoms with van der Waals surface area (Å²) >= 11 is 0. The molecule has 0 heterocycles. The second kappa shape index (κ2) is 13.0. The van der Waals surface area contributed by atoms with E-state index in [4.69, 9.17) is 4.74 Å². The standard InChI is InChI=1S/C28H33N3O3/c1-3-4-5-6-18-34-26-16-14-24(15-17-26)30-27(32)20-29-23-10-12-25(13-11-23)31-28(33)22-9-7-8-21(2)19-22/h7-17,19,29H,3-6,18,20H2,1-2H3,(H,30,32)(H,31,33). The van der Waals surface area contributed by atoms with Gasteiger partial charge >= 0.3 is 0 Å². The SMILES string of the molecule is CCCCCCOc1ccc(NC(=O)CNc2ccc(NC(=O)c3cccc(C)c3)cc2)cc1. The molecule has 0 fully saturated rings. The normalized spacial score (nSPS) is 10.4. The highest BCUT2D eigenvalue weighted by molar-refractivity contribution is 6.04. The molecule has 0 saturated heterocycles. The summed E-state index contributed by atoms with van der Waals surface area (Å²) in [6, 6.07) is 22.1. The van der Waals surface area contributed by atoms with E-state index in [1.54, 1.807) is 18.2 Å². The maximum Gasteiger partial charge on any atom is 0.255 e. The number of nitrogens with one attached hydrogen (secondary N) is 3. The van der Waals surface area contributed by atoms with Gasteiger partial charge in [-0.05, 0) is 74.0 Å². The smallest absolute Gasteiger partial charge is 0.255 e. The van der Waals surface area contributed by atoms with Gasteiger partial charge in [-0.2, -0.15) is 0 Å². The average molecular weight is 460 g/mol. The number of hydrogen-bond donors (Lipinski definition) is 3. The molecule has 0 unspecified atom stereocenters. The molecule has 34 heavy (non-hydrogen) atoms. The van der Waals surface area contributed by atoms with Crippen molar-refractivity contribution in [2.24, 2.45) is 0 Å². The van der Waals surface area contributed by atoms with Gasteiger partial charge in [0.05, 0.1) is 13.2 Å². The maximum absolute atomic E-state index is 12.4. The largest absolute Gasteiger partial charge is 0.494 e. The lowest BCUT2D eigenvalue weighted by atomic mass is 10.1. The Hall–Kier alpha value is -3.80. The molecular formula is C28H33N3O3. The molecule has 0 bridgehead atoms. The summed E-state index contributed by atoms with van der Waals surface area (Å²) in [5.41, 5.74) is 3.85. The number of ether oxygens (including phenoxy) is 1. The van der Waals surface area contributed by atoms with Crippen LogP contribution >= 0.6 is 0 Å². The Balaban J connectivity index is 1.40. The van der Waals surface area contributed by atoms with Crippen LogP contribution in [0, 0.1) is 6.92 Å². The summed E-state index contributed by atoms with van der Waals surface area (Å²) in [4.78, 5) is 24.6. The highest BCUT2D eigenvalue weighted by atomic mass is 16.5. The van der Waals surface area contributed by atoms with E-state index in [-0.39, 0.29) is 18.4 Å². The van der Waals surface area contributed by atoms with Gasteiger partial charge in [-0.15, -0.1) is 0 Å². The lowest BCUT2D eigenvalue weighted by Crippen LogP contribution is -2.21. The fourth-order valence-corrected chi connectivity index (χ4v) is 3.40. The molecule has 0 aliphatic carbocycles. The molecule has 0 saturated carbocycles. The van der Waals surface area contributed by atoms with Gasteiger partial charge in [0.15, 0.2) is 0 Å². The van der Waals surface area contributed by atoms with Crippen LogP contribution in [-0.4, -0.2) is 25.0 Å². The fourth-order valence-electron chi connectivity index (χ4n) is 3.40. The topological polar surface area (TPSA) is 79.5 Å². The number of rotatable bonds is 12. The van der Waals surface area contributed by atoms with Crippen LogP contribution in [0.4, 0.5) is 17.1 Å². The molecule has 3 rings (SSSR count). The van der Waals surface area contributed by atoms with E-state index in [9.17, 15) is 9.59 Å². The van der Waals surface area contributed by atoms with E-state index < -0.39 is 0 Å². The molecule has 3 N–H and O–H groups in total. The van der Waals surface area contributed by atoms with Gasteiger partial charge in [0.2, 0.25) is 5.91 Å². The van der Waals surface area contributed by atoms with Gasteiger partial charge in [-0.25, -0.2) is 0 Å². The molecule has 6 nitrogen and oxygen atoms in total. The number of carbonyl (C=O) groups excluding carboxylic acids is 2. The lowest BCUT2D eigenvalue weighted by molar-refractivity contribution is -0.114.